The van der Waals surface area contributed by atoms with Crippen molar-refractivity contribution in [3.8, 4) is 0 Å². The zero-order chi connectivity index (χ0) is 10.0. The van der Waals surface area contributed by atoms with Gasteiger partial charge < -0.3 is 0 Å². The first-order chi connectivity index (χ1) is 6.07. The smallest absolute Gasteiger partial charge is 0.177 e. The Bertz CT molecular complexity index is 350. The van der Waals surface area contributed by atoms with Gasteiger partial charge in [-0.3, -0.25) is 4.79 Å². The Morgan fingerprint density at radius 2 is 2.15 bits per heavy atom. The quantitative estimate of drug-likeness (QED) is 0.595. The summed E-state index contributed by atoms with van der Waals surface area (Å²) < 4.78 is 0.755. The molecule has 1 aromatic rings. The molecule has 0 aliphatic heterocycles. The van der Waals surface area contributed by atoms with Gasteiger partial charge in [-0.1, -0.05) is 11.6 Å². The third-order valence-corrected chi connectivity index (χ3v) is 3.57. The average Bonchev–Trinajstić information content (AvgIpc) is 2.13. The number of ketones is 1. The molecule has 0 fully saturated rings. The van der Waals surface area contributed by atoms with E-state index in [0.29, 0.717) is 10.6 Å². The molecule has 0 saturated heterocycles. The van der Waals surface area contributed by atoms with E-state index in [1.807, 2.05) is 6.92 Å². The Balaban J connectivity index is 3.26. The van der Waals surface area contributed by atoms with Gasteiger partial charge in [-0.25, -0.2) is 0 Å². The third kappa shape index (κ3) is 2.25. The van der Waals surface area contributed by atoms with Gasteiger partial charge in [0.25, 0.3) is 0 Å². The van der Waals surface area contributed by atoms with Crippen molar-refractivity contribution in [1.82, 2.24) is 0 Å². The van der Waals surface area contributed by atoms with Crippen molar-refractivity contribution in [2.24, 2.45) is 0 Å². The molecule has 0 heterocycles. The minimum absolute atomic E-state index is 0.00505. The number of hydrogen-bond acceptors (Lipinski definition) is 1. The van der Waals surface area contributed by atoms with Gasteiger partial charge in [-0.05, 0) is 40.5 Å². The minimum atomic E-state index is -0.0865. The SMILES string of the molecule is Cc1c(C(=O)CCl)ccc(Cl)c1Br. The highest BCUT2D eigenvalue weighted by Gasteiger charge is 2.11. The second-order valence-corrected chi connectivity index (χ2v) is 4.06. The molecule has 0 unspecified atom stereocenters. The Hall–Kier alpha value is -0.0500. The van der Waals surface area contributed by atoms with Gasteiger partial charge in [0.15, 0.2) is 5.78 Å². The molecular formula is C9H7BrCl2O. The first kappa shape index (κ1) is 11.0. The fourth-order valence-corrected chi connectivity index (χ4v) is 1.72. The maximum atomic E-state index is 11.3. The fourth-order valence-electron chi connectivity index (χ4n) is 1.03. The first-order valence-electron chi connectivity index (χ1n) is 3.61. The largest absolute Gasteiger partial charge is 0.293 e. The molecule has 4 heteroatoms. The van der Waals surface area contributed by atoms with Crippen LogP contribution in [0, 0.1) is 6.92 Å². The van der Waals surface area contributed by atoms with Gasteiger partial charge in [-0.2, -0.15) is 0 Å². The molecule has 0 radical (unpaired) electrons. The molecule has 13 heavy (non-hydrogen) atoms. The normalized spacial score (nSPS) is 10.2. The lowest BCUT2D eigenvalue weighted by molar-refractivity contribution is 0.102. The highest BCUT2D eigenvalue weighted by atomic mass is 79.9. The Morgan fingerprint density at radius 1 is 1.54 bits per heavy atom. The molecule has 1 aromatic carbocycles. The van der Waals surface area contributed by atoms with Crippen LogP contribution in [0.15, 0.2) is 16.6 Å². The number of Topliss-reactive ketones (excluding diaryl/α,β-unsaturated/α-hetero) is 1. The van der Waals surface area contributed by atoms with Crippen LogP contribution in [0.25, 0.3) is 0 Å². The maximum absolute atomic E-state index is 11.3. The van der Waals surface area contributed by atoms with E-state index in [1.165, 1.54) is 0 Å². The lowest BCUT2D eigenvalue weighted by Gasteiger charge is -2.06. The van der Waals surface area contributed by atoms with E-state index in [0.717, 1.165) is 10.0 Å². The summed E-state index contributed by atoms with van der Waals surface area (Å²) in [4.78, 5) is 11.3. The summed E-state index contributed by atoms with van der Waals surface area (Å²) in [5, 5.41) is 0.601. The third-order valence-electron chi connectivity index (χ3n) is 1.76. The second kappa shape index (κ2) is 4.45. The molecular weight excluding hydrogens is 275 g/mol. The standard InChI is InChI=1S/C9H7BrCl2O/c1-5-6(8(13)4-11)2-3-7(12)9(5)10/h2-3H,4H2,1H3. The van der Waals surface area contributed by atoms with E-state index in [9.17, 15) is 4.79 Å². The van der Waals surface area contributed by atoms with Crippen molar-refractivity contribution < 1.29 is 4.79 Å². The first-order valence-corrected chi connectivity index (χ1v) is 5.32. The molecule has 0 saturated carbocycles. The van der Waals surface area contributed by atoms with Crippen LogP contribution in [0.3, 0.4) is 0 Å². The van der Waals surface area contributed by atoms with Gasteiger partial charge in [0, 0.05) is 10.0 Å². The average molecular weight is 282 g/mol. The van der Waals surface area contributed by atoms with Crippen molar-refractivity contribution in [2.75, 3.05) is 5.88 Å². The van der Waals surface area contributed by atoms with Gasteiger partial charge >= 0.3 is 0 Å². The van der Waals surface area contributed by atoms with E-state index in [2.05, 4.69) is 15.9 Å². The summed E-state index contributed by atoms with van der Waals surface area (Å²) in [6.07, 6.45) is 0. The van der Waals surface area contributed by atoms with Crippen molar-refractivity contribution in [1.29, 1.82) is 0 Å². The van der Waals surface area contributed by atoms with Crippen LogP contribution in [0.1, 0.15) is 15.9 Å². The molecule has 1 rings (SSSR count). The number of alkyl halides is 1. The molecule has 1 nitrogen and oxygen atoms in total. The van der Waals surface area contributed by atoms with Crippen LogP contribution in [-0.4, -0.2) is 11.7 Å². The van der Waals surface area contributed by atoms with Crippen LogP contribution < -0.4 is 0 Å². The summed E-state index contributed by atoms with van der Waals surface area (Å²) in [5.41, 5.74) is 1.45. The van der Waals surface area contributed by atoms with Crippen LogP contribution in [-0.2, 0) is 0 Å². The van der Waals surface area contributed by atoms with E-state index in [4.69, 9.17) is 23.2 Å². The molecule has 0 spiro atoms. The summed E-state index contributed by atoms with van der Waals surface area (Å²) in [5.74, 6) is -0.0916. The van der Waals surface area contributed by atoms with Crippen LogP contribution >= 0.6 is 39.1 Å². The number of halogens is 3. The molecule has 0 aliphatic rings. The number of benzene rings is 1. The minimum Gasteiger partial charge on any atom is -0.293 e. The van der Waals surface area contributed by atoms with Crippen LogP contribution in [0.2, 0.25) is 5.02 Å². The Labute approximate surface area is 95.2 Å². The van der Waals surface area contributed by atoms with Crippen molar-refractivity contribution in [3.05, 3.63) is 32.8 Å². The number of carbonyl (C=O) groups is 1. The predicted molar refractivity (Wildman–Crippen MR) is 58.9 cm³/mol. The fraction of sp³-hybridized carbons (Fsp3) is 0.222. The lowest BCUT2D eigenvalue weighted by atomic mass is 10.1. The molecule has 0 aliphatic carbocycles. The van der Waals surface area contributed by atoms with Crippen molar-refractivity contribution in [3.63, 3.8) is 0 Å². The van der Waals surface area contributed by atoms with E-state index in [-0.39, 0.29) is 11.7 Å². The van der Waals surface area contributed by atoms with Gasteiger partial charge in [0.2, 0.25) is 0 Å². The zero-order valence-electron chi connectivity index (χ0n) is 6.90. The van der Waals surface area contributed by atoms with Gasteiger partial charge in [0.1, 0.15) is 0 Å². The molecule has 0 bridgehead atoms. The number of rotatable bonds is 2. The molecule has 0 aromatic heterocycles. The molecule has 0 N–H and O–H groups in total. The summed E-state index contributed by atoms with van der Waals surface area (Å²) >= 11 is 14.6. The monoisotopic (exact) mass is 280 g/mol. The summed E-state index contributed by atoms with van der Waals surface area (Å²) in [6.45, 7) is 1.83. The van der Waals surface area contributed by atoms with Crippen molar-refractivity contribution >= 4 is 44.9 Å². The lowest BCUT2D eigenvalue weighted by Crippen LogP contribution is -2.03. The van der Waals surface area contributed by atoms with E-state index >= 15 is 0 Å². The maximum Gasteiger partial charge on any atom is 0.177 e. The van der Waals surface area contributed by atoms with Crippen LogP contribution in [0.5, 0.6) is 0 Å². The highest BCUT2D eigenvalue weighted by molar-refractivity contribution is 9.10. The zero-order valence-corrected chi connectivity index (χ0v) is 10.0. The van der Waals surface area contributed by atoms with E-state index in [1.54, 1.807) is 12.1 Å². The molecule has 0 atom stereocenters. The topological polar surface area (TPSA) is 17.1 Å². The van der Waals surface area contributed by atoms with E-state index < -0.39 is 0 Å². The van der Waals surface area contributed by atoms with Crippen LogP contribution in [0.4, 0.5) is 0 Å². The Kier molecular flexibility index (Phi) is 3.77. The highest BCUT2D eigenvalue weighted by Crippen LogP contribution is 2.28. The predicted octanol–water partition coefficient (Wildman–Crippen LogP) is 3.83. The second-order valence-electron chi connectivity index (χ2n) is 2.59. The van der Waals surface area contributed by atoms with Gasteiger partial charge in [-0.15, -0.1) is 11.6 Å². The summed E-state index contributed by atoms with van der Waals surface area (Å²) in [7, 11) is 0. The number of carbonyl (C=O) groups excluding carboxylic acids is 1. The summed E-state index contributed by atoms with van der Waals surface area (Å²) in [6, 6.07) is 3.37. The molecule has 0 amide bonds. The van der Waals surface area contributed by atoms with Crippen molar-refractivity contribution in [2.45, 2.75) is 6.92 Å². The molecule has 70 valence electrons. The Morgan fingerprint density at radius 3 is 2.69 bits per heavy atom. The number of hydrogen-bond donors (Lipinski definition) is 0. The van der Waals surface area contributed by atoms with Gasteiger partial charge in [0.05, 0.1) is 10.9 Å².